The third kappa shape index (κ3) is 4.62. The Hall–Kier alpha value is -0.610. The molecule has 0 saturated carbocycles. The highest BCUT2D eigenvalue weighted by Gasteiger charge is 2.21. The quantitative estimate of drug-likeness (QED) is 0.701. The van der Waals surface area contributed by atoms with Crippen molar-refractivity contribution in [3.8, 4) is 0 Å². The molecule has 4 nitrogen and oxygen atoms in total. The lowest BCUT2D eigenvalue weighted by molar-refractivity contribution is -0.123. The maximum atomic E-state index is 11.6. The maximum absolute atomic E-state index is 11.6. The molecule has 15 heavy (non-hydrogen) atoms. The minimum absolute atomic E-state index is 0.00227. The average Bonchev–Trinajstić information content (AvgIpc) is 2.30. The lowest BCUT2D eigenvalue weighted by atomic mass is 10.1. The number of likely N-dealkylation sites (N-methyl/N-ethyl adjacent to an activating group) is 1. The van der Waals surface area contributed by atoms with Crippen molar-refractivity contribution in [2.75, 3.05) is 27.2 Å². The van der Waals surface area contributed by atoms with Gasteiger partial charge in [-0.3, -0.25) is 4.79 Å². The number of nitrogens with one attached hydrogen (secondary N) is 2. The molecule has 0 aliphatic carbocycles. The van der Waals surface area contributed by atoms with E-state index < -0.39 is 0 Å². The highest BCUT2D eigenvalue weighted by atomic mass is 16.2. The lowest BCUT2D eigenvalue weighted by Crippen LogP contribution is -2.49. The number of amides is 1. The second-order valence-corrected chi connectivity index (χ2v) is 4.67. The van der Waals surface area contributed by atoms with E-state index in [-0.39, 0.29) is 11.9 Å². The van der Waals surface area contributed by atoms with Crippen molar-refractivity contribution in [3.63, 3.8) is 0 Å². The van der Waals surface area contributed by atoms with E-state index in [4.69, 9.17) is 0 Å². The monoisotopic (exact) mass is 213 g/mol. The van der Waals surface area contributed by atoms with Crippen LogP contribution in [0.1, 0.15) is 26.2 Å². The molecular formula is C11H23N3O. The molecule has 4 heteroatoms. The van der Waals surface area contributed by atoms with Crippen LogP contribution in [0.25, 0.3) is 0 Å². The molecule has 1 fully saturated rings. The zero-order valence-electron chi connectivity index (χ0n) is 10.0. The van der Waals surface area contributed by atoms with Crippen LogP contribution < -0.4 is 10.6 Å². The average molecular weight is 213 g/mol. The zero-order chi connectivity index (χ0) is 11.3. The summed E-state index contributed by atoms with van der Waals surface area (Å²) in [5, 5.41) is 6.32. The summed E-state index contributed by atoms with van der Waals surface area (Å²) in [6, 6.07) is 0.358. The van der Waals surface area contributed by atoms with E-state index in [1.165, 1.54) is 0 Å². The van der Waals surface area contributed by atoms with E-state index in [2.05, 4.69) is 22.5 Å². The molecule has 0 aromatic heterocycles. The summed E-state index contributed by atoms with van der Waals surface area (Å²) in [5.74, 6) is 0.165. The van der Waals surface area contributed by atoms with Crippen molar-refractivity contribution in [1.82, 2.24) is 15.5 Å². The van der Waals surface area contributed by atoms with E-state index in [0.717, 1.165) is 32.4 Å². The van der Waals surface area contributed by atoms with Crippen molar-refractivity contribution in [2.24, 2.45) is 0 Å². The predicted molar refractivity (Wildman–Crippen MR) is 61.8 cm³/mol. The van der Waals surface area contributed by atoms with Crippen molar-refractivity contribution in [2.45, 2.75) is 38.3 Å². The minimum Gasteiger partial charge on any atom is -0.355 e. The number of rotatable bonds is 4. The topological polar surface area (TPSA) is 44.4 Å². The van der Waals surface area contributed by atoms with Gasteiger partial charge in [-0.25, -0.2) is 0 Å². The van der Waals surface area contributed by atoms with Gasteiger partial charge in [0.2, 0.25) is 5.91 Å². The molecule has 0 aromatic carbocycles. The first-order valence-corrected chi connectivity index (χ1v) is 5.78. The van der Waals surface area contributed by atoms with Gasteiger partial charge in [-0.15, -0.1) is 0 Å². The molecule has 0 aromatic rings. The first kappa shape index (κ1) is 12.5. The van der Waals surface area contributed by atoms with Crippen LogP contribution in [-0.2, 0) is 4.79 Å². The Morgan fingerprint density at radius 2 is 2.27 bits per heavy atom. The fraction of sp³-hybridized carbons (Fsp3) is 0.909. The molecule has 1 rings (SSSR count). The van der Waals surface area contributed by atoms with Crippen molar-refractivity contribution >= 4 is 5.91 Å². The van der Waals surface area contributed by atoms with Crippen LogP contribution in [0.15, 0.2) is 0 Å². The van der Waals surface area contributed by atoms with Crippen LogP contribution in [-0.4, -0.2) is 50.1 Å². The van der Waals surface area contributed by atoms with Crippen LogP contribution in [0.4, 0.5) is 0 Å². The Kier molecular flexibility index (Phi) is 5.05. The van der Waals surface area contributed by atoms with Crippen LogP contribution in [0.5, 0.6) is 0 Å². The van der Waals surface area contributed by atoms with Gasteiger partial charge in [-0.1, -0.05) is 0 Å². The fourth-order valence-corrected chi connectivity index (χ4v) is 2.04. The van der Waals surface area contributed by atoms with E-state index in [9.17, 15) is 4.79 Å². The Labute approximate surface area is 92.4 Å². The molecule has 1 aliphatic rings. The molecule has 1 heterocycles. The number of nitrogens with zero attached hydrogens (tertiary/aromatic N) is 1. The first-order valence-electron chi connectivity index (χ1n) is 5.78. The predicted octanol–water partition coefficient (Wildman–Crippen LogP) is 0.195. The summed E-state index contributed by atoms with van der Waals surface area (Å²) in [4.78, 5) is 13.8. The Morgan fingerprint density at radius 3 is 2.93 bits per heavy atom. The van der Waals surface area contributed by atoms with Gasteiger partial charge in [-0.2, -0.15) is 0 Å². The molecular weight excluding hydrogens is 190 g/mol. The molecule has 0 spiro atoms. The minimum atomic E-state index is 0.00227. The molecule has 2 N–H and O–H groups in total. The van der Waals surface area contributed by atoms with Gasteiger partial charge >= 0.3 is 0 Å². The maximum Gasteiger partial charge on any atom is 0.237 e. The van der Waals surface area contributed by atoms with Crippen LogP contribution >= 0.6 is 0 Å². The summed E-state index contributed by atoms with van der Waals surface area (Å²) < 4.78 is 0. The molecule has 2 atom stereocenters. The molecule has 0 radical (unpaired) electrons. The Balaban J connectivity index is 2.37. The van der Waals surface area contributed by atoms with Gasteiger partial charge in [0, 0.05) is 19.1 Å². The van der Waals surface area contributed by atoms with Gasteiger partial charge in [0.05, 0.1) is 6.04 Å². The number of hydrogen-bond acceptors (Lipinski definition) is 3. The van der Waals surface area contributed by atoms with E-state index in [1.54, 1.807) is 0 Å². The lowest BCUT2D eigenvalue weighted by Gasteiger charge is -2.23. The van der Waals surface area contributed by atoms with E-state index in [0.29, 0.717) is 6.04 Å². The van der Waals surface area contributed by atoms with Gasteiger partial charge in [0.1, 0.15) is 0 Å². The third-order valence-electron chi connectivity index (χ3n) is 2.66. The van der Waals surface area contributed by atoms with Gasteiger partial charge in [0.15, 0.2) is 0 Å². The first-order chi connectivity index (χ1) is 7.09. The van der Waals surface area contributed by atoms with Crippen LogP contribution in [0, 0.1) is 0 Å². The normalized spacial score (nSPS) is 24.8. The van der Waals surface area contributed by atoms with Gasteiger partial charge in [0.25, 0.3) is 0 Å². The third-order valence-corrected chi connectivity index (χ3v) is 2.66. The van der Waals surface area contributed by atoms with E-state index in [1.807, 2.05) is 14.1 Å². The Morgan fingerprint density at radius 1 is 1.53 bits per heavy atom. The highest BCUT2D eigenvalue weighted by Crippen LogP contribution is 2.06. The smallest absolute Gasteiger partial charge is 0.237 e. The summed E-state index contributed by atoms with van der Waals surface area (Å²) in [6.07, 6.45) is 3.20. The van der Waals surface area contributed by atoms with Gasteiger partial charge < -0.3 is 15.5 Å². The fourth-order valence-electron chi connectivity index (χ4n) is 2.04. The number of carbonyl (C=O) groups excluding carboxylic acids is 1. The van der Waals surface area contributed by atoms with Gasteiger partial charge in [-0.05, 0) is 40.3 Å². The molecule has 1 amide bonds. The molecule has 1 saturated heterocycles. The molecule has 0 bridgehead atoms. The highest BCUT2D eigenvalue weighted by molar-refractivity contribution is 5.81. The summed E-state index contributed by atoms with van der Waals surface area (Å²) in [5.41, 5.74) is 0. The summed E-state index contributed by atoms with van der Waals surface area (Å²) in [7, 11) is 4.09. The largest absolute Gasteiger partial charge is 0.355 e. The molecule has 2 unspecified atom stereocenters. The zero-order valence-corrected chi connectivity index (χ0v) is 10.0. The van der Waals surface area contributed by atoms with Crippen molar-refractivity contribution in [3.05, 3.63) is 0 Å². The summed E-state index contributed by atoms with van der Waals surface area (Å²) in [6.45, 7) is 3.92. The van der Waals surface area contributed by atoms with Crippen molar-refractivity contribution < 1.29 is 4.79 Å². The second-order valence-electron chi connectivity index (χ2n) is 4.67. The second kappa shape index (κ2) is 6.08. The molecule has 88 valence electrons. The van der Waals surface area contributed by atoms with Crippen molar-refractivity contribution in [1.29, 1.82) is 0 Å². The Bertz CT molecular complexity index is 206. The number of carbonyl (C=O) groups is 1. The van der Waals surface area contributed by atoms with E-state index >= 15 is 0 Å². The SMILES string of the molecule is CC(CN(C)C)NC1CCCCNC1=O. The van der Waals surface area contributed by atoms with Crippen LogP contribution in [0.3, 0.4) is 0 Å². The van der Waals surface area contributed by atoms with Crippen LogP contribution in [0.2, 0.25) is 0 Å². The molecule has 1 aliphatic heterocycles. The standard InChI is InChI=1S/C11H23N3O/c1-9(8-14(2)3)13-10-6-4-5-7-12-11(10)15/h9-10,13H,4-8H2,1-3H3,(H,12,15). The number of hydrogen-bond donors (Lipinski definition) is 2. The summed E-state index contributed by atoms with van der Waals surface area (Å²) >= 11 is 0.